The Balaban J connectivity index is 1.37. The number of para-hydroxylation sites is 1. The molecule has 8 heteroatoms. The highest BCUT2D eigenvalue weighted by Crippen LogP contribution is 2.26. The number of halogens is 2. The first-order chi connectivity index (χ1) is 14.9. The number of carbonyl (C=O) groups excluding carboxylic acids is 1. The van der Waals surface area contributed by atoms with Crippen molar-refractivity contribution in [1.82, 2.24) is 15.3 Å². The Hall–Kier alpha value is -2.93. The van der Waals surface area contributed by atoms with Crippen molar-refractivity contribution in [2.75, 3.05) is 24.3 Å². The molecule has 0 saturated heterocycles. The fraction of sp³-hybridized carbons (Fsp3) is 0.348. The summed E-state index contributed by atoms with van der Waals surface area (Å²) in [7, 11) is 3.95. The molecule has 0 atom stereocenters. The van der Waals surface area contributed by atoms with Crippen LogP contribution in [-0.4, -0.2) is 42.1 Å². The van der Waals surface area contributed by atoms with E-state index >= 15 is 0 Å². The Bertz CT molecular complexity index is 1100. The van der Waals surface area contributed by atoms with Crippen LogP contribution in [0.4, 0.5) is 16.2 Å². The Morgan fingerprint density at radius 1 is 1.06 bits per heavy atom. The minimum atomic E-state index is -0.530. The number of carbonyl (C=O) groups is 1. The van der Waals surface area contributed by atoms with Crippen molar-refractivity contribution in [3.63, 3.8) is 0 Å². The van der Waals surface area contributed by atoms with Crippen LogP contribution in [0.1, 0.15) is 36.0 Å². The summed E-state index contributed by atoms with van der Waals surface area (Å²) in [6.07, 6.45) is 3.46. The van der Waals surface area contributed by atoms with Gasteiger partial charge in [0.2, 0.25) is 5.95 Å². The number of fused-ring (bicyclic) bond motifs is 1. The predicted molar refractivity (Wildman–Crippen MR) is 122 cm³/mol. The molecule has 1 aromatic heterocycles. The first kappa shape index (κ1) is 21.3. The molecule has 1 heterocycles. The molecule has 162 valence electrons. The van der Waals surface area contributed by atoms with E-state index in [1.54, 1.807) is 0 Å². The highest BCUT2D eigenvalue weighted by Gasteiger charge is 2.24. The van der Waals surface area contributed by atoms with Gasteiger partial charge in [0.15, 0.2) is 0 Å². The van der Waals surface area contributed by atoms with Crippen LogP contribution >= 0.6 is 11.6 Å². The van der Waals surface area contributed by atoms with E-state index in [0.29, 0.717) is 11.5 Å². The average Bonchev–Trinajstić information content (AvgIpc) is 2.76. The minimum absolute atomic E-state index is 0.0481. The molecule has 31 heavy (non-hydrogen) atoms. The second-order valence-electron chi connectivity index (χ2n) is 8.08. The molecular formula is C23H25ClFN5O. The van der Waals surface area contributed by atoms with Gasteiger partial charge in [-0.05, 0) is 56.0 Å². The van der Waals surface area contributed by atoms with Crippen molar-refractivity contribution in [3.05, 3.63) is 58.9 Å². The Morgan fingerprint density at radius 2 is 1.77 bits per heavy atom. The lowest BCUT2D eigenvalue weighted by Gasteiger charge is -2.30. The van der Waals surface area contributed by atoms with Gasteiger partial charge in [0, 0.05) is 37.1 Å². The van der Waals surface area contributed by atoms with Gasteiger partial charge in [-0.25, -0.2) is 9.37 Å². The standard InChI is InChI=1S/C23H25ClFN5O/c1-30(2)21-17-5-3-4-6-20(17)28-23(29-21)27-16-10-8-15(9-11-16)26-22(31)14-7-12-19(25)18(24)13-14/h3-7,12-13,15-16H,8-11H2,1-2H3,(H,26,31)(H,27,28,29)/t15-,16+. The molecule has 6 nitrogen and oxygen atoms in total. The first-order valence-electron chi connectivity index (χ1n) is 10.4. The third kappa shape index (κ3) is 4.88. The summed E-state index contributed by atoms with van der Waals surface area (Å²) in [5.74, 6) is 0.743. The van der Waals surface area contributed by atoms with Gasteiger partial charge in [-0.1, -0.05) is 23.7 Å². The molecule has 4 rings (SSSR count). The fourth-order valence-corrected chi connectivity index (χ4v) is 4.12. The van der Waals surface area contributed by atoms with Gasteiger partial charge in [0.05, 0.1) is 10.5 Å². The van der Waals surface area contributed by atoms with E-state index in [9.17, 15) is 9.18 Å². The molecule has 2 aromatic carbocycles. The summed E-state index contributed by atoms with van der Waals surface area (Å²) in [4.78, 5) is 23.8. The van der Waals surface area contributed by atoms with Crippen molar-refractivity contribution in [2.24, 2.45) is 0 Å². The number of hydrogen-bond donors (Lipinski definition) is 2. The molecule has 0 spiro atoms. The van der Waals surface area contributed by atoms with Crippen LogP contribution < -0.4 is 15.5 Å². The smallest absolute Gasteiger partial charge is 0.251 e. The van der Waals surface area contributed by atoms with Gasteiger partial charge in [-0.3, -0.25) is 4.79 Å². The van der Waals surface area contributed by atoms with E-state index in [-0.39, 0.29) is 23.0 Å². The lowest BCUT2D eigenvalue weighted by Crippen LogP contribution is -2.40. The van der Waals surface area contributed by atoms with E-state index in [2.05, 4.69) is 15.6 Å². The number of hydrogen-bond acceptors (Lipinski definition) is 5. The van der Waals surface area contributed by atoms with Crippen LogP contribution in [0.5, 0.6) is 0 Å². The molecule has 0 radical (unpaired) electrons. The number of aromatic nitrogens is 2. The summed E-state index contributed by atoms with van der Waals surface area (Å²) in [6, 6.07) is 12.3. The predicted octanol–water partition coefficient (Wildman–Crippen LogP) is 4.64. The number of nitrogens with zero attached hydrogens (tertiary/aromatic N) is 3. The lowest BCUT2D eigenvalue weighted by molar-refractivity contribution is 0.0926. The maximum absolute atomic E-state index is 13.3. The summed E-state index contributed by atoms with van der Waals surface area (Å²) < 4.78 is 13.3. The third-order valence-electron chi connectivity index (χ3n) is 5.58. The summed E-state index contributed by atoms with van der Waals surface area (Å²) >= 11 is 5.79. The van der Waals surface area contributed by atoms with Gasteiger partial charge >= 0.3 is 0 Å². The summed E-state index contributed by atoms with van der Waals surface area (Å²) in [6.45, 7) is 0. The molecule has 0 unspecified atom stereocenters. The zero-order chi connectivity index (χ0) is 22.0. The van der Waals surface area contributed by atoms with E-state index in [4.69, 9.17) is 16.6 Å². The van der Waals surface area contributed by atoms with Crippen LogP contribution in [0, 0.1) is 5.82 Å². The van der Waals surface area contributed by atoms with E-state index in [1.807, 2.05) is 43.3 Å². The largest absolute Gasteiger partial charge is 0.362 e. The van der Waals surface area contributed by atoms with Crippen molar-refractivity contribution < 1.29 is 9.18 Å². The molecule has 1 aliphatic rings. The maximum Gasteiger partial charge on any atom is 0.251 e. The lowest BCUT2D eigenvalue weighted by atomic mass is 9.91. The van der Waals surface area contributed by atoms with E-state index in [0.717, 1.165) is 42.4 Å². The molecule has 0 aliphatic heterocycles. The number of amides is 1. The summed E-state index contributed by atoms with van der Waals surface area (Å²) in [5, 5.41) is 7.47. The molecule has 3 aromatic rings. The Kier molecular flexibility index (Phi) is 6.23. The van der Waals surface area contributed by atoms with Gasteiger partial charge in [-0.15, -0.1) is 0 Å². The third-order valence-corrected chi connectivity index (χ3v) is 5.87. The first-order valence-corrected chi connectivity index (χ1v) is 10.7. The summed E-state index contributed by atoms with van der Waals surface area (Å²) in [5.41, 5.74) is 1.27. The SMILES string of the molecule is CN(C)c1nc(N[C@H]2CC[C@@H](NC(=O)c3ccc(F)c(Cl)c3)CC2)nc2ccccc12. The zero-order valence-corrected chi connectivity index (χ0v) is 18.3. The van der Waals surface area contributed by atoms with Gasteiger partial charge in [0.1, 0.15) is 11.6 Å². The van der Waals surface area contributed by atoms with Crippen LogP contribution in [0.15, 0.2) is 42.5 Å². The molecule has 0 bridgehead atoms. The average molecular weight is 442 g/mol. The van der Waals surface area contributed by atoms with Crippen LogP contribution in [-0.2, 0) is 0 Å². The van der Waals surface area contributed by atoms with Gasteiger partial charge in [-0.2, -0.15) is 4.98 Å². The highest BCUT2D eigenvalue weighted by molar-refractivity contribution is 6.31. The second-order valence-corrected chi connectivity index (χ2v) is 8.48. The Morgan fingerprint density at radius 3 is 2.48 bits per heavy atom. The maximum atomic E-state index is 13.3. The fourth-order valence-electron chi connectivity index (χ4n) is 3.94. The number of nitrogens with one attached hydrogen (secondary N) is 2. The van der Waals surface area contributed by atoms with Gasteiger partial charge < -0.3 is 15.5 Å². The molecule has 1 fully saturated rings. The molecule has 2 N–H and O–H groups in total. The quantitative estimate of drug-likeness (QED) is 0.603. The second kappa shape index (κ2) is 9.06. The number of anilines is 2. The van der Waals surface area contributed by atoms with Crippen molar-refractivity contribution >= 4 is 40.2 Å². The zero-order valence-electron chi connectivity index (χ0n) is 17.5. The monoisotopic (exact) mass is 441 g/mol. The van der Waals surface area contributed by atoms with Gasteiger partial charge in [0.25, 0.3) is 5.91 Å². The Labute approximate surface area is 185 Å². The highest BCUT2D eigenvalue weighted by atomic mass is 35.5. The number of rotatable bonds is 5. The van der Waals surface area contributed by atoms with Crippen molar-refractivity contribution in [3.8, 4) is 0 Å². The van der Waals surface area contributed by atoms with Crippen LogP contribution in [0.3, 0.4) is 0 Å². The van der Waals surface area contributed by atoms with E-state index < -0.39 is 5.82 Å². The topological polar surface area (TPSA) is 70.2 Å². The minimum Gasteiger partial charge on any atom is -0.362 e. The molecule has 1 aliphatic carbocycles. The number of benzene rings is 2. The molecular weight excluding hydrogens is 417 g/mol. The van der Waals surface area contributed by atoms with Crippen LogP contribution in [0.2, 0.25) is 5.02 Å². The normalized spacial score (nSPS) is 18.6. The van der Waals surface area contributed by atoms with Crippen LogP contribution in [0.25, 0.3) is 10.9 Å². The van der Waals surface area contributed by atoms with Crippen molar-refractivity contribution in [1.29, 1.82) is 0 Å². The molecule has 1 amide bonds. The van der Waals surface area contributed by atoms with Crippen molar-refractivity contribution in [2.45, 2.75) is 37.8 Å². The van der Waals surface area contributed by atoms with E-state index in [1.165, 1.54) is 18.2 Å². The molecule has 1 saturated carbocycles.